The Bertz CT molecular complexity index is 5770. The number of hydrogen-bond donors (Lipinski definition) is 0. The maximum atomic E-state index is 6.19. The zero-order valence-corrected chi connectivity index (χ0v) is 91.7. The van der Waals surface area contributed by atoms with Gasteiger partial charge in [0, 0.05) is 63.1 Å². The molecule has 15 heteroatoms. The van der Waals surface area contributed by atoms with Crippen LogP contribution in [-0.4, -0.2) is 35.1 Å². The van der Waals surface area contributed by atoms with E-state index in [9.17, 15) is 0 Å². The van der Waals surface area contributed by atoms with E-state index in [0.717, 1.165) is 101 Å². The molecule has 0 N–H and O–H groups in total. The molecule has 1 aliphatic carbocycles. The second-order valence-corrected chi connectivity index (χ2v) is 53.9. The molecular weight excluding hydrogens is 2000 g/mol. The molecule has 18 rings (SSSR count). The topological polar surface area (TPSA) is 16.2 Å². The molecule has 7 heterocycles. The fourth-order valence-electron chi connectivity index (χ4n) is 20.3. The van der Waals surface area contributed by atoms with Crippen LogP contribution in [-0.2, 0) is 121 Å². The molecule has 0 amide bonds. The number of thiophene rings is 4. The third kappa shape index (κ3) is 27.0. The van der Waals surface area contributed by atoms with Crippen molar-refractivity contribution in [3.63, 3.8) is 0 Å². The van der Waals surface area contributed by atoms with Gasteiger partial charge in [0.15, 0.2) is 0 Å². The standard InChI is InChI=1S/3C23H30N.C19H19NS2.C18H17NS2.C15H10.4ClH.2Ru/c3*1-6-18-12-11-13-19(7-2)21(18)24-17-23(5,16-22(24,3)4)20-14-9-8-10-15-20;1-2-16-7-3-4-8-17(16)13-20(14-18-9-5-11-21-18)15-19-10-6-12-22-19;1-15-6-2-3-7-16(15)12-19(13-17-8-4-10-20-17)14-18-9-5-11-21-18;1-2-6-12(7-3-1)15-11-10-13-8-4-5-9-14(13)15;;;;;;/h3*8-15,17H,6-7,16H2,1-5H3;2-12H,1,13-15H2;1-11H,12-14H2;1-9,11H;4*1H;;/q3*-1;;;;;;;;2*+2/p-4. The molecule has 136 heavy (non-hydrogen) atoms. The van der Waals surface area contributed by atoms with Gasteiger partial charge < -0.3 is 14.7 Å². The molecule has 5 nitrogen and oxygen atoms in total. The van der Waals surface area contributed by atoms with E-state index in [0.29, 0.717) is 0 Å². The van der Waals surface area contributed by atoms with E-state index in [4.69, 9.17) is 38.8 Å². The minimum atomic E-state index is -1.88. The van der Waals surface area contributed by atoms with Crippen LogP contribution < -0.4 is 14.7 Å². The molecule has 0 bridgehead atoms. The molecule has 3 saturated heterocycles. The number of aryl methyl sites for hydroxylation is 6. The summed E-state index contributed by atoms with van der Waals surface area (Å²) >= 11 is 3.56. The first-order chi connectivity index (χ1) is 65.6. The molecule has 10 aromatic carbocycles. The molecule has 3 fully saturated rings. The summed E-state index contributed by atoms with van der Waals surface area (Å²) in [6.45, 7) is 52.1. The van der Waals surface area contributed by atoms with Crippen molar-refractivity contribution in [3.8, 4) is 0 Å². The first kappa shape index (κ1) is 105. The zero-order valence-electron chi connectivity index (χ0n) is 82.0. The summed E-state index contributed by atoms with van der Waals surface area (Å²) in [5, 5.41) is 8.57. The third-order valence-corrected chi connectivity index (χ3v) is 35.0. The van der Waals surface area contributed by atoms with Crippen LogP contribution in [0.4, 0.5) is 17.1 Å². The maximum absolute atomic E-state index is 6.19. The van der Waals surface area contributed by atoms with Crippen molar-refractivity contribution in [2.45, 2.75) is 234 Å². The summed E-state index contributed by atoms with van der Waals surface area (Å²) in [6, 6.07) is 106. The van der Waals surface area contributed by atoms with Gasteiger partial charge in [0.1, 0.15) is 0 Å². The fourth-order valence-corrected chi connectivity index (χ4v) is 27.7. The number of rotatable bonds is 27. The van der Waals surface area contributed by atoms with Crippen molar-refractivity contribution in [2.24, 2.45) is 0 Å². The monoisotopic (exact) mass is 2130 g/mol. The normalized spacial score (nSPS) is 17.8. The van der Waals surface area contributed by atoms with E-state index in [-0.39, 0.29) is 32.9 Å². The first-order valence-corrected chi connectivity index (χ1v) is 62.2. The second-order valence-electron chi connectivity index (χ2n) is 38.2. The Labute approximate surface area is 858 Å². The van der Waals surface area contributed by atoms with Crippen LogP contribution in [0.2, 0.25) is 0 Å². The van der Waals surface area contributed by atoms with Crippen molar-refractivity contribution < 1.29 is 27.0 Å². The number of anilines is 3. The van der Waals surface area contributed by atoms with Crippen LogP contribution in [0, 0.1) is 19.6 Å². The number of para-hydroxylation sites is 3. The van der Waals surface area contributed by atoms with Gasteiger partial charge in [0.2, 0.25) is 0 Å². The average Bonchev–Trinajstić information content (AvgIpc) is 1.60. The number of hydrogen-bond acceptors (Lipinski definition) is 9. The first-order valence-electron chi connectivity index (χ1n) is 47.9. The van der Waals surface area contributed by atoms with Crippen LogP contribution in [0.15, 0.2) is 331 Å². The molecule has 3 aliphatic heterocycles. The number of nitrogens with zero attached hydrogens (tertiary/aromatic N) is 5. The van der Waals surface area contributed by atoms with Crippen molar-refractivity contribution in [3.05, 3.63) is 460 Å². The molecule has 4 aliphatic rings. The van der Waals surface area contributed by atoms with Gasteiger partial charge in [-0.25, -0.2) is 19.6 Å². The molecule has 0 spiro atoms. The Morgan fingerprint density at radius 2 is 0.603 bits per heavy atom. The van der Waals surface area contributed by atoms with Gasteiger partial charge >= 0.3 is 285 Å². The predicted octanol–water partition coefficient (Wildman–Crippen LogP) is 34.1. The van der Waals surface area contributed by atoms with E-state index in [1.165, 1.54) is 131 Å². The van der Waals surface area contributed by atoms with Gasteiger partial charge in [-0.15, -0.1) is 38.9 Å². The number of fused-ring (bicyclic) bond motifs is 1. The molecule has 0 saturated carbocycles. The molecule has 3 atom stereocenters. The SMILES string of the molecule is C=Cc1ccccc1CN(Cc1cccs1)Cc1cccs1.CCc1cccc(CC)c1N1[CH-]C(C)(c2ccccc2)CC1(C)C.CCc1cccc(CC)c1N1[CH-]C(C)(c2ccccc2)CC1(C)C.CCc1cccc(CC)c1N1[CH-]C(C)(c2ccccc2)CC1(C)C.[Cl][Ru]([Cl])=[CH]c1ccccc1CN(Cc1cccs1)Cc1cccs1.[Cl][Ru]([Cl])=[C]1C=C(c2ccccc2)c2ccccc21. The Morgan fingerprint density at radius 1 is 0.324 bits per heavy atom. The molecule has 4 aromatic heterocycles. The summed E-state index contributed by atoms with van der Waals surface area (Å²) in [5.74, 6) is 0. The summed E-state index contributed by atoms with van der Waals surface area (Å²) in [4.78, 5) is 18.3. The summed E-state index contributed by atoms with van der Waals surface area (Å²) < 4.78 is 3.16. The van der Waals surface area contributed by atoms with Crippen molar-refractivity contribution >= 4 is 122 Å². The van der Waals surface area contributed by atoms with E-state index in [2.05, 4.69) is 449 Å². The Balaban J connectivity index is 0.000000138. The van der Waals surface area contributed by atoms with Crippen molar-refractivity contribution in [2.75, 3.05) is 14.7 Å². The van der Waals surface area contributed by atoms with Gasteiger partial charge in [-0.2, -0.15) is 0 Å². The average molecular weight is 2130 g/mol. The predicted molar refractivity (Wildman–Crippen MR) is 592 cm³/mol. The van der Waals surface area contributed by atoms with Crippen LogP contribution in [0.25, 0.3) is 11.6 Å². The van der Waals surface area contributed by atoms with E-state index in [1.807, 2.05) is 86.4 Å². The van der Waals surface area contributed by atoms with Crippen LogP contribution in [0.3, 0.4) is 0 Å². The van der Waals surface area contributed by atoms with Gasteiger partial charge in [-0.05, 0) is 167 Å². The zero-order chi connectivity index (χ0) is 96.6. The van der Waals surface area contributed by atoms with Gasteiger partial charge in [-0.3, -0.25) is 4.90 Å². The van der Waals surface area contributed by atoms with Crippen molar-refractivity contribution in [1.29, 1.82) is 0 Å². The third-order valence-electron chi connectivity index (χ3n) is 26.6. The quantitative estimate of drug-likeness (QED) is 0.0376. The van der Waals surface area contributed by atoms with Crippen molar-refractivity contribution in [1.82, 2.24) is 9.80 Å². The molecule has 14 aromatic rings. The Hall–Kier alpha value is -8.05. The minimum absolute atomic E-state index is 0.0800. The van der Waals surface area contributed by atoms with E-state index >= 15 is 0 Å². The molecule has 0 radical (unpaired) electrons. The van der Waals surface area contributed by atoms with Gasteiger partial charge in [0.05, 0.1) is 0 Å². The summed E-state index contributed by atoms with van der Waals surface area (Å²) in [7, 11) is 24.6. The molecular formula is C121H136Cl4N5Ru2S4-3. The fraction of sp³-hybridized carbons (Fsp3) is 0.298. The van der Waals surface area contributed by atoms with Crippen LogP contribution >= 0.6 is 84.1 Å². The Morgan fingerprint density at radius 3 is 0.897 bits per heavy atom. The summed E-state index contributed by atoms with van der Waals surface area (Å²) in [6.07, 6.45) is 13.9. The molecule has 3 unspecified atom stereocenters. The number of allylic oxidation sites excluding steroid dienone is 1. The number of benzene rings is 10. The summed E-state index contributed by atoms with van der Waals surface area (Å²) in [5.41, 5.74) is 27.7. The van der Waals surface area contributed by atoms with E-state index in [1.54, 1.807) is 0 Å². The second kappa shape index (κ2) is 49.4. The van der Waals surface area contributed by atoms with E-state index < -0.39 is 27.0 Å². The number of halogens is 4. The molecule has 716 valence electrons. The van der Waals surface area contributed by atoms with Crippen LogP contribution in [0.5, 0.6) is 0 Å². The Kier molecular flexibility index (Phi) is 38.2. The van der Waals surface area contributed by atoms with Gasteiger partial charge in [0.25, 0.3) is 0 Å². The van der Waals surface area contributed by atoms with Gasteiger partial charge in [-0.1, -0.05) is 274 Å². The van der Waals surface area contributed by atoms with Crippen LogP contribution in [0.1, 0.15) is 232 Å².